The molecule has 180 valence electrons. The summed E-state index contributed by atoms with van der Waals surface area (Å²) in [5.41, 5.74) is 4.54. The van der Waals surface area contributed by atoms with Gasteiger partial charge in [0.1, 0.15) is 0 Å². The zero-order valence-electron chi connectivity index (χ0n) is 19.0. The summed E-state index contributed by atoms with van der Waals surface area (Å²) in [5.74, 6) is 1.10. The average molecular weight is 538 g/mol. The smallest absolute Gasteiger partial charge is 0.269 e. The maximum absolute atomic E-state index is 10.9. The van der Waals surface area contributed by atoms with Crippen molar-refractivity contribution in [2.75, 3.05) is 48.9 Å². The lowest BCUT2D eigenvalue weighted by atomic mass is 10.2. The summed E-state index contributed by atoms with van der Waals surface area (Å²) in [5, 5.41) is 18.3. The summed E-state index contributed by atoms with van der Waals surface area (Å²) < 4.78 is 0.772. The Balaban J connectivity index is 1.53. The fourth-order valence-corrected chi connectivity index (χ4v) is 3.68. The zero-order valence-corrected chi connectivity index (χ0v) is 20.6. The van der Waals surface area contributed by atoms with Crippen LogP contribution in [0.15, 0.2) is 64.2 Å². The number of piperazine rings is 1. The van der Waals surface area contributed by atoms with Gasteiger partial charge in [0.15, 0.2) is 0 Å². The predicted octanol–water partition coefficient (Wildman–Crippen LogP) is 4.11. The van der Waals surface area contributed by atoms with Crippen molar-refractivity contribution in [2.45, 2.75) is 0 Å². The Labute approximate surface area is 210 Å². The van der Waals surface area contributed by atoms with Crippen molar-refractivity contribution in [2.24, 2.45) is 5.10 Å². The van der Waals surface area contributed by atoms with Gasteiger partial charge in [0.2, 0.25) is 17.8 Å². The molecule has 12 heteroatoms. The highest BCUT2D eigenvalue weighted by molar-refractivity contribution is 9.12. The Hall–Kier alpha value is -3.90. The van der Waals surface area contributed by atoms with Crippen LogP contribution in [0.25, 0.3) is 6.08 Å². The summed E-state index contributed by atoms with van der Waals surface area (Å²) >= 11 is 3.49. The summed E-state index contributed by atoms with van der Waals surface area (Å²) in [6, 6.07) is 15.9. The van der Waals surface area contributed by atoms with E-state index in [1.165, 1.54) is 12.1 Å². The number of halogens is 1. The van der Waals surface area contributed by atoms with Crippen LogP contribution in [0.5, 0.6) is 0 Å². The topological polar surface area (TPSA) is 125 Å². The highest BCUT2D eigenvalue weighted by atomic mass is 79.9. The van der Waals surface area contributed by atoms with E-state index in [0.29, 0.717) is 17.6 Å². The van der Waals surface area contributed by atoms with Crippen LogP contribution in [-0.2, 0) is 0 Å². The van der Waals surface area contributed by atoms with Gasteiger partial charge >= 0.3 is 0 Å². The molecule has 1 aliphatic heterocycles. The van der Waals surface area contributed by atoms with Gasteiger partial charge in [0.25, 0.3) is 5.69 Å². The van der Waals surface area contributed by atoms with Gasteiger partial charge in [-0.05, 0) is 46.7 Å². The summed E-state index contributed by atoms with van der Waals surface area (Å²) in [6.45, 7) is 3.36. The number of anilines is 4. The molecular formula is C23H24BrN9O2. The van der Waals surface area contributed by atoms with Gasteiger partial charge in [-0.25, -0.2) is 5.43 Å². The molecule has 0 atom stereocenters. The third kappa shape index (κ3) is 7.04. The molecule has 4 rings (SSSR count). The van der Waals surface area contributed by atoms with E-state index >= 15 is 0 Å². The van der Waals surface area contributed by atoms with E-state index in [1.54, 1.807) is 18.3 Å². The molecule has 1 aromatic heterocycles. The van der Waals surface area contributed by atoms with E-state index in [1.807, 2.05) is 36.4 Å². The van der Waals surface area contributed by atoms with Crippen LogP contribution in [0.4, 0.5) is 29.2 Å². The lowest BCUT2D eigenvalue weighted by Crippen LogP contribution is -2.45. The van der Waals surface area contributed by atoms with Crippen LogP contribution in [0.3, 0.4) is 0 Å². The number of non-ortho nitro benzene ring substituents is 1. The van der Waals surface area contributed by atoms with Crippen LogP contribution in [0.1, 0.15) is 5.56 Å². The number of allylic oxidation sites excluding steroid dienone is 1. The second kappa shape index (κ2) is 11.5. The van der Waals surface area contributed by atoms with E-state index in [-0.39, 0.29) is 11.6 Å². The maximum Gasteiger partial charge on any atom is 0.269 e. The van der Waals surface area contributed by atoms with Crippen LogP contribution in [0.2, 0.25) is 0 Å². The average Bonchev–Trinajstić information content (AvgIpc) is 2.85. The molecule has 35 heavy (non-hydrogen) atoms. The molecular weight excluding hydrogens is 514 g/mol. The lowest BCUT2D eigenvalue weighted by Gasteiger charge is -2.32. The number of hydrogen-bond donors (Lipinski definition) is 2. The number of nitro benzene ring substituents is 1. The van der Waals surface area contributed by atoms with Crippen molar-refractivity contribution in [1.82, 2.24) is 19.9 Å². The maximum atomic E-state index is 10.9. The van der Waals surface area contributed by atoms with E-state index in [9.17, 15) is 10.1 Å². The van der Waals surface area contributed by atoms with Gasteiger partial charge in [-0.2, -0.15) is 20.1 Å². The minimum Gasteiger partial charge on any atom is -0.338 e. The number of nitro groups is 1. The van der Waals surface area contributed by atoms with Crippen molar-refractivity contribution in [3.05, 3.63) is 74.8 Å². The standard InChI is InChI=1S/C23H24BrN9O2/c1-31-11-13-32(14-12-31)23-28-21(26-19-7-9-20(10-8-19)33(34)35)27-22(29-23)30-25-16-18(24)15-17-5-3-2-4-6-17/h2-10,15-16H,11-14H2,1H3,(H2,26,27,28,29,30)/b18-15-,25-16+. The number of hydrogen-bond acceptors (Lipinski definition) is 10. The predicted molar refractivity (Wildman–Crippen MR) is 141 cm³/mol. The zero-order chi connectivity index (χ0) is 24.6. The quantitative estimate of drug-likeness (QED) is 0.248. The minimum absolute atomic E-state index is 0.00940. The van der Waals surface area contributed by atoms with Crippen molar-refractivity contribution >= 4 is 57.4 Å². The van der Waals surface area contributed by atoms with Gasteiger partial charge in [-0.3, -0.25) is 10.1 Å². The van der Waals surface area contributed by atoms with Crippen LogP contribution >= 0.6 is 15.9 Å². The van der Waals surface area contributed by atoms with Crippen molar-refractivity contribution < 1.29 is 4.92 Å². The highest BCUT2D eigenvalue weighted by Gasteiger charge is 2.19. The molecule has 3 aromatic rings. The van der Waals surface area contributed by atoms with Gasteiger partial charge in [-0.15, -0.1) is 0 Å². The Morgan fingerprint density at radius 3 is 2.40 bits per heavy atom. The van der Waals surface area contributed by atoms with Crippen molar-refractivity contribution in [3.63, 3.8) is 0 Å². The molecule has 0 bridgehead atoms. The first-order valence-corrected chi connectivity index (χ1v) is 11.7. The molecule has 0 spiro atoms. The molecule has 1 saturated heterocycles. The molecule has 11 nitrogen and oxygen atoms in total. The van der Waals surface area contributed by atoms with Gasteiger partial charge in [-0.1, -0.05) is 30.3 Å². The number of benzene rings is 2. The summed E-state index contributed by atoms with van der Waals surface area (Å²) in [6.07, 6.45) is 3.56. The first-order chi connectivity index (χ1) is 17.0. The second-order valence-corrected chi connectivity index (χ2v) is 8.73. The highest BCUT2D eigenvalue weighted by Crippen LogP contribution is 2.21. The van der Waals surface area contributed by atoms with Gasteiger partial charge in [0.05, 0.1) is 11.1 Å². The minimum atomic E-state index is -0.442. The number of nitrogens with one attached hydrogen (secondary N) is 2. The molecule has 1 aliphatic rings. The molecule has 1 fully saturated rings. The van der Waals surface area contributed by atoms with E-state index in [0.717, 1.165) is 36.2 Å². The number of rotatable bonds is 8. The lowest BCUT2D eigenvalue weighted by molar-refractivity contribution is -0.384. The number of likely N-dealkylation sites (N-methyl/N-ethyl adjacent to an activating group) is 1. The molecule has 2 heterocycles. The summed E-state index contributed by atoms with van der Waals surface area (Å²) in [7, 11) is 2.08. The summed E-state index contributed by atoms with van der Waals surface area (Å²) in [4.78, 5) is 28.3. The molecule has 2 N–H and O–H groups in total. The van der Waals surface area contributed by atoms with E-state index < -0.39 is 4.92 Å². The monoisotopic (exact) mass is 537 g/mol. The second-order valence-electron chi connectivity index (χ2n) is 7.81. The van der Waals surface area contributed by atoms with Crippen molar-refractivity contribution in [3.8, 4) is 0 Å². The van der Waals surface area contributed by atoms with Gasteiger partial charge in [0, 0.05) is 48.5 Å². The molecule has 0 radical (unpaired) electrons. The van der Waals surface area contributed by atoms with Crippen LogP contribution < -0.4 is 15.6 Å². The Kier molecular flexibility index (Phi) is 7.95. The fourth-order valence-electron chi connectivity index (χ4n) is 3.31. The van der Waals surface area contributed by atoms with Crippen LogP contribution in [0, 0.1) is 10.1 Å². The third-order valence-corrected chi connectivity index (χ3v) is 5.63. The van der Waals surface area contributed by atoms with E-state index in [4.69, 9.17) is 0 Å². The molecule has 0 saturated carbocycles. The molecule has 2 aromatic carbocycles. The third-order valence-electron chi connectivity index (χ3n) is 5.20. The van der Waals surface area contributed by atoms with Crippen LogP contribution in [-0.4, -0.2) is 64.2 Å². The first kappa shape index (κ1) is 24.2. The Bertz CT molecular complexity index is 1210. The number of hydrazone groups is 1. The Morgan fingerprint density at radius 2 is 1.71 bits per heavy atom. The first-order valence-electron chi connectivity index (χ1n) is 10.9. The molecule has 0 amide bonds. The number of nitrogens with zero attached hydrogens (tertiary/aromatic N) is 7. The normalized spacial score (nSPS) is 14.8. The molecule has 0 unspecified atom stereocenters. The number of aromatic nitrogens is 3. The Morgan fingerprint density at radius 1 is 1.03 bits per heavy atom. The van der Waals surface area contributed by atoms with Crippen molar-refractivity contribution in [1.29, 1.82) is 0 Å². The molecule has 0 aliphatic carbocycles. The van der Waals surface area contributed by atoms with Gasteiger partial charge < -0.3 is 15.1 Å². The SMILES string of the molecule is CN1CCN(c2nc(N/N=C/C(Br)=C/c3ccccc3)nc(Nc3ccc([N+](=O)[O-])cc3)n2)CC1. The largest absolute Gasteiger partial charge is 0.338 e. The van der Waals surface area contributed by atoms with E-state index in [2.05, 4.69) is 63.6 Å². The fraction of sp³-hybridized carbons (Fsp3) is 0.217.